The molecule has 0 atom stereocenters. The van der Waals surface area contributed by atoms with Crippen molar-refractivity contribution >= 4 is 15.9 Å². The van der Waals surface area contributed by atoms with Crippen molar-refractivity contribution in [3.63, 3.8) is 0 Å². The summed E-state index contributed by atoms with van der Waals surface area (Å²) in [5.41, 5.74) is 2.50. The summed E-state index contributed by atoms with van der Waals surface area (Å²) in [5, 5.41) is 0. The molecule has 1 nitrogen and oxygen atoms in total. The standard InChI is InChI=1S/C13H17BrO/c1-8-4-11(5-8)15-12-6-9(2)13(14)10(3)7-12/h6-8,11H,4-5H2,1-3H3/t8-,11+. The van der Waals surface area contributed by atoms with Crippen molar-refractivity contribution in [3.05, 3.63) is 27.7 Å². The maximum absolute atomic E-state index is 5.92. The highest BCUT2D eigenvalue weighted by atomic mass is 79.9. The largest absolute Gasteiger partial charge is 0.490 e. The monoisotopic (exact) mass is 268 g/mol. The highest BCUT2D eigenvalue weighted by Gasteiger charge is 2.27. The van der Waals surface area contributed by atoms with Gasteiger partial charge in [0.25, 0.3) is 0 Å². The van der Waals surface area contributed by atoms with Crippen LogP contribution in [0.15, 0.2) is 16.6 Å². The molecule has 1 aliphatic carbocycles. The molecule has 2 rings (SSSR count). The first-order valence-electron chi connectivity index (χ1n) is 5.49. The van der Waals surface area contributed by atoms with Crippen LogP contribution in [0.25, 0.3) is 0 Å². The molecule has 1 aliphatic rings. The normalized spacial score (nSPS) is 24.8. The molecular formula is C13H17BrO. The van der Waals surface area contributed by atoms with Crippen LogP contribution >= 0.6 is 15.9 Å². The van der Waals surface area contributed by atoms with E-state index in [1.807, 2.05) is 0 Å². The summed E-state index contributed by atoms with van der Waals surface area (Å²) in [4.78, 5) is 0. The van der Waals surface area contributed by atoms with Gasteiger partial charge in [-0.3, -0.25) is 0 Å². The van der Waals surface area contributed by atoms with Crippen molar-refractivity contribution < 1.29 is 4.74 Å². The Bertz CT molecular complexity index is 344. The van der Waals surface area contributed by atoms with Crippen LogP contribution in [0.2, 0.25) is 0 Å². The zero-order chi connectivity index (χ0) is 11.0. The summed E-state index contributed by atoms with van der Waals surface area (Å²) in [6, 6.07) is 4.22. The van der Waals surface area contributed by atoms with Crippen LogP contribution in [0.5, 0.6) is 5.75 Å². The van der Waals surface area contributed by atoms with Crippen LogP contribution in [-0.4, -0.2) is 6.10 Å². The van der Waals surface area contributed by atoms with E-state index < -0.39 is 0 Å². The zero-order valence-electron chi connectivity index (χ0n) is 9.51. The molecule has 0 heterocycles. The Morgan fingerprint density at radius 3 is 2.20 bits per heavy atom. The van der Waals surface area contributed by atoms with Gasteiger partial charge in [0.2, 0.25) is 0 Å². The van der Waals surface area contributed by atoms with Gasteiger partial charge >= 0.3 is 0 Å². The number of ether oxygens (including phenoxy) is 1. The number of hydrogen-bond acceptors (Lipinski definition) is 1. The van der Waals surface area contributed by atoms with E-state index in [9.17, 15) is 0 Å². The average Bonchev–Trinajstić information content (AvgIpc) is 2.11. The Labute approximate surface area is 100.0 Å². The van der Waals surface area contributed by atoms with Crippen LogP contribution in [0.3, 0.4) is 0 Å². The molecule has 0 saturated heterocycles. The Hall–Kier alpha value is -0.500. The van der Waals surface area contributed by atoms with Gasteiger partial charge in [0.05, 0.1) is 6.10 Å². The van der Waals surface area contributed by atoms with E-state index in [0.717, 1.165) is 11.7 Å². The molecule has 0 N–H and O–H groups in total. The molecule has 1 aromatic carbocycles. The third-order valence-electron chi connectivity index (χ3n) is 3.04. The van der Waals surface area contributed by atoms with Crippen molar-refractivity contribution in [2.45, 2.75) is 39.7 Å². The van der Waals surface area contributed by atoms with Crippen molar-refractivity contribution in [1.29, 1.82) is 0 Å². The van der Waals surface area contributed by atoms with E-state index in [1.54, 1.807) is 0 Å². The van der Waals surface area contributed by atoms with Crippen LogP contribution in [0.4, 0.5) is 0 Å². The third kappa shape index (κ3) is 2.36. The van der Waals surface area contributed by atoms with Gasteiger partial charge in [0, 0.05) is 4.47 Å². The Balaban J connectivity index is 2.09. The summed E-state index contributed by atoms with van der Waals surface area (Å²) in [6.45, 7) is 6.48. The maximum Gasteiger partial charge on any atom is 0.120 e. The first-order valence-corrected chi connectivity index (χ1v) is 6.29. The SMILES string of the molecule is Cc1cc(O[C@H]2C[C@@H](C)C2)cc(C)c1Br. The summed E-state index contributed by atoms with van der Waals surface area (Å²) in [6.07, 6.45) is 2.85. The van der Waals surface area contributed by atoms with Crippen molar-refractivity contribution in [3.8, 4) is 5.75 Å². The zero-order valence-corrected chi connectivity index (χ0v) is 11.1. The van der Waals surface area contributed by atoms with Gasteiger partial charge in [-0.05, 0) is 55.9 Å². The number of hydrogen-bond donors (Lipinski definition) is 0. The van der Waals surface area contributed by atoms with E-state index in [4.69, 9.17) is 4.74 Å². The summed E-state index contributed by atoms with van der Waals surface area (Å²) in [7, 11) is 0. The topological polar surface area (TPSA) is 9.23 Å². The van der Waals surface area contributed by atoms with E-state index in [-0.39, 0.29) is 0 Å². The lowest BCUT2D eigenvalue weighted by molar-refractivity contribution is 0.0738. The smallest absolute Gasteiger partial charge is 0.120 e. The molecule has 1 fully saturated rings. The Kier molecular flexibility index (Phi) is 3.06. The van der Waals surface area contributed by atoms with Gasteiger partial charge < -0.3 is 4.74 Å². The minimum atomic E-state index is 0.444. The van der Waals surface area contributed by atoms with Gasteiger partial charge in [-0.2, -0.15) is 0 Å². The molecule has 1 aromatic rings. The first-order chi connectivity index (χ1) is 7.06. The lowest BCUT2D eigenvalue weighted by atomic mass is 9.84. The van der Waals surface area contributed by atoms with Gasteiger partial charge in [0.1, 0.15) is 5.75 Å². The number of aryl methyl sites for hydroxylation is 2. The molecule has 15 heavy (non-hydrogen) atoms. The number of halogens is 1. The molecule has 0 aliphatic heterocycles. The summed E-state index contributed by atoms with van der Waals surface area (Å²) >= 11 is 3.56. The second-order valence-corrected chi connectivity index (χ2v) is 5.48. The average molecular weight is 269 g/mol. The molecule has 0 bridgehead atoms. The van der Waals surface area contributed by atoms with Crippen molar-refractivity contribution in [2.24, 2.45) is 5.92 Å². The van der Waals surface area contributed by atoms with Gasteiger partial charge in [-0.1, -0.05) is 22.9 Å². The highest BCUT2D eigenvalue weighted by molar-refractivity contribution is 9.10. The van der Waals surface area contributed by atoms with Gasteiger partial charge in [-0.25, -0.2) is 0 Å². The molecule has 0 unspecified atom stereocenters. The van der Waals surface area contributed by atoms with Gasteiger partial charge in [0.15, 0.2) is 0 Å². The molecule has 0 radical (unpaired) electrons. The molecule has 82 valence electrons. The van der Waals surface area contributed by atoms with E-state index in [0.29, 0.717) is 6.10 Å². The second kappa shape index (κ2) is 4.17. The first kappa shape index (κ1) is 11.0. The van der Waals surface area contributed by atoms with E-state index >= 15 is 0 Å². The Morgan fingerprint density at radius 2 is 1.73 bits per heavy atom. The fourth-order valence-corrected chi connectivity index (χ4v) is 2.32. The van der Waals surface area contributed by atoms with E-state index in [1.165, 1.54) is 28.4 Å². The molecule has 0 spiro atoms. The van der Waals surface area contributed by atoms with Crippen LogP contribution in [0.1, 0.15) is 30.9 Å². The molecule has 0 amide bonds. The van der Waals surface area contributed by atoms with Crippen molar-refractivity contribution in [2.75, 3.05) is 0 Å². The van der Waals surface area contributed by atoms with Crippen LogP contribution < -0.4 is 4.74 Å². The molecule has 2 heteroatoms. The third-order valence-corrected chi connectivity index (χ3v) is 4.29. The number of benzene rings is 1. The molecular weight excluding hydrogens is 252 g/mol. The highest BCUT2D eigenvalue weighted by Crippen LogP contribution is 2.33. The lowest BCUT2D eigenvalue weighted by Gasteiger charge is -2.33. The van der Waals surface area contributed by atoms with E-state index in [2.05, 4.69) is 48.8 Å². The fourth-order valence-electron chi connectivity index (χ4n) is 2.09. The fraction of sp³-hybridized carbons (Fsp3) is 0.538. The summed E-state index contributed by atoms with van der Waals surface area (Å²) < 4.78 is 7.11. The number of rotatable bonds is 2. The summed E-state index contributed by atoms with van der Waals surface area (Å²) in [5.74, 6) is 1.86. The van der Waals surface area contributed by atoms with Crippen LogP contribution in [0, 0.1) is 19.8 Å². The maximum atomic E-state index is 5.92. The molecule has 0 aromatic heterocycles. The van der Waals surface area contributed by atoms with Gasteiger partial charge in [-0.15, -0.1) is 0 Å². The minimum absolute atomic E-state index is 0.444. The Morgan fingerprint density at radius 1 is 1.20 bits per heavy atom. The second-order valence-electron chi connectivity index (χ2n) is 4.69. The lowest BCUT2D eigenvalue weighted by Crippen LogP contribution is -2.31. The quantitative estimate of drug-likeness (QED) is 0.780. The minimum Gasteiger partial charge on any atom is -0.490 e. The predicted molar refractivity (Wildman–Crippen MR) is 66.4 cm³/mol. The van der Waals surface area contributed by atoms with Crippen molar-refractivity contribution in [1.82, 2.24) is 0 Å². The molecule has 1 saturated carbocycles. The predicted octanol–water partition coefficient (Wildman–Crippen LogP) is 4.24. The van der Waals surface area contributed by atoms with Crippen LogP contribution in [-0.2, 0) is 0 Å².